The molecule has 0 saturated carbocycles. The average molecular weight is 338 g/mol. The van der Waals surface area contributed by atoms with E-state index in [9.17, 15) is 14.4 Å². The maximum Gasteiger partial charge on any atom is 0.333 e. The van der Waals surface area contributed by atoms with Crippen molar-refractivity contribution in [3.05, 3.63) is 0 Å². The van der Waals surface area contributed by atoms with Gasteiger partial charge in [0.15, 0.2) is 0 Å². The lowest BCUT2D eigenvalue weighted by Gasteiger charge is -2.26. The van der Waals surface area contributed by atoms with Gasteiger partial charge in [-0.15, -0.1) is 0 Å². The van der Waals surface area contributed by atoms with Crippen LogP contribution >= 0.6 is 0 Å². The fourth-order valence-electron chi connectivity index (χ4n) is 3.17. The molecule has 0 aromatic carbocycles. The van der Waals surface area contributed by atoms with Gasteiger partial charge in [-0.3, -0.25) is 19.4 Å². The van der Waals surface area contributed by atoms with Gasteiger partial charge in [0.1, 0.15) is 0 Å². The van der Waals surface area contributed by atoms with E-state index in [2.05, 4.69) is 0 Å². The summed E-state index contributed by atoms with van der Waals surface area (Å²) in [5.74, 6) is -0.382. The predicted molar refractivity (Wildman–Crippen MR) is 80.0 cm³/mol. The number of ether oxygens (including phenoxy) is 3. The van der Waals surface area contributed by atoms with Crippen molar-refractivity contribution in [1.29, 1.82) is 0 Å². The van der Waals surface area contributed by atoms with Gasteiger partial charge in [0.25, 0.3) is 0 Å². The minimum absolute atomic E-state index is 0.0708. The highest BCUT2D eigenvalue weighted by atomic mass is 16.6. The van der Waals surface area contributed by atoms with Gasteiger partial charge in [-0.25, -0.2) is 4.79 Å². The zero-order chi connectivity index (χ0) is 16.7. The van der Waals surface area contributed by atoms with E-state index in [1.165, 1.54) is 9.80 Å². The van der Waals surface area contributed by atoms with E-state index in [1.54, 1.807) is 0 Å². The lowest BCUT2D eigenvalue weighted by Crippen LogP contribution is -2.50. The first-order chi connectivity index (χ1) is 11.6. The van der Waals surface area contributed by atoms with Crippen LogP contribution in [0.15, 0.2) is 0 Å². The molecule has 4 aliphatic rings. The maximum atomic E-state index is 12.8. The number of carbonyl (C=O) groups is 3. The average Bonchev–Trinajstić information content (AvgIpc) is 3.39. The van der Waals surface area contributed by atoms with Crippen LogP contribution in [0.3, 0.4) is 0 Å². The summed E-state index contributed by atoms with van der Waals surface area (Å²) in [6, 6.07) is -0.528. The van der Waals surface area contributed by atoms with Crippen molar-refractivity contribution in [1.82, 2.24) is 9.80 Å². The molecule has 132 valence electrons. The van der Waals surface area contributed by atoms with Crippen LogP contribution in [0.2, 0.25) is 0 Å². The summed E-state index contributed by atoms with van der Waals surface area (Å²) in [5, 5.41) is 0. The molecule has 4 aliphatic heterocycles. The Morgan fingerprint density at radius 2 is 1.38 bits per heavy atom. The van der Waals surface area contributed by atoms with Crippen molar-refractivity contribution >= 4 is 17.8 Å². The number of carbonyl (C=O) groups excluding carboxylic acids is 3. The number of rotatable bonds is 6. The number of epoxide rings is 3. The minimum atomic E-state index is -0.528. The van der Waals surface area contributed by atoms with Crippen LogP contribution in [0.4, 0.5) is 4.79 Å². The highest BCUT2D eigenvalue weighted by Crippen LogP contribution is 2.28. The molecule has 4 heterocycles. The molecule has 0 bridgehead atoms. The largest absolute Gasteiger partial charge is 0.373 e. The van der Waals surface area contributed by atoms with E-state index in [1.807, 2.05) is 0 Å². The molecule has 24 heavy (non-hydrogen) atoms. The third kappa shape index (κ3) is 3.93. The summed E-state index contributed by atoms with van der Waals surface area (Å²) in [7, 11) is 0. The second-order valence-electron chi connectivity index (χ2n) is 7.00. The van der Waals surface area contributed by atoms with Crippen molar-refractivity contribution in [2.45, 2.75) is 44.0 Å². The van der Waals surface area contributed by atoms with E-state index >= 15 is 0 Å². The summed E-state index contributed by atoms with van der Waals surface area (Å²) in [6.07, 6.45) is 1.93. The van der Waals surface area contributed by atoms with Crippen LogP contribution in [-0.4, -0.2) is 78.9 Å². The van der Waals surface area contributed by atoms with Crippen molar-refractivity contribution in [3.63, 3.8) is 0 Å². The SMILES string of the molecule is O=C1CCC(CC2CO2)CC(=O)N(CC2CO2)C(=O)N1CC1CO1. The number of hydrogen-bond donors (Lipinski definition) is 0. The Morgan fingerprint density at radius 3 is 1.92 bits per heavy atom. The Labute approximate surface area is 140 Å². The van der Waals surface area contributed by atoms with Gasteiger partial charge in [0.2, 0.25) is 11.8 Å². The first-order valence-corrected chi connectivity index (χ1v) is 8.59. The third-order valence-electron chi connectivity index (χ3n) is 4.87. The first-order valence-electron chi connectivity index (χ1n) is 8.59. The number of urea groups is 1. The number of hydrogen-bond acceptors (Lipinski definition) is 6. The number of imide groups is 2. The molecular weight excluding hydrogens is 316 g/mol. The molecule has 0 radical (unpaired) electrons. The number of nitrogens with zero attached hydrogens (tertiary/aromatic N) is 2. The molecule has 8 nitrogen and oxygen atoms in total. The molecule has 4 fully saturated rings. The van der Waals surface area contributed by atoms with Crippen LogP contribution in [0, 0.1) is 5.92 Å². The molecular formula is C16H22N2O6. The van der Waals surface area contributed by atoms with E-state index in [-0.39, 0.29) is 62.0 Å². The Bertz CT molecular complexity index is 541. The van der Waals surface area contributed by atoms with Gasteiger partial charge in [-0.1, -0.05) is 0 Å². The standard InChI is InChI=1S/C16H22N2O6/c19-14-2-1-10(3-11-7-22-11)4-15(20)18(6-13-9-24-13)16(21)17(14)5-12-8-23-12/h10-13H,1-9H2. The molecule has 0 aromatic heterocycles. The van der Waals surface area contributed by atoms with Gasteiger partial charge >= 0.3 is 6.03 Å². The van der Waals surface area contributed by atoms with Gasteiger partial charge in [0, 0.05) is 12.8 Å². The highest BCUT2D eigenvalue weighted by Gasteiger charge is 2.40. The maximum absolute atomic E-state index is 12.8. The van der Waals surface area contributed by atoms with E-state index in [4.69, 9.17) is 14.2 Å². The van der Waals surface area contributed by atoms with Crippen LogP contribution in [-0.2, 0) is 23.8 Å². The summed E-state index contributed by atoms with van der Waals surface area (Å²) >= 11 is 0. The highest BCUT2D eigenvalue weighted by molar-refractivity contribution is 6.02. The van der Waals surface area contributed by atoms with E-state index < -0.39 is 6.03 Å². The van der Waals surface area contributed by atoms with Crippen molar-refractivity contribution in [3.8, 4) is 0 Å². The molecule has 8 heteroatoms. The van der Waals surface area contributed by atoms with Crippen LogP contribution in [0.5, 0.6) is 0 Å². The zero-order valence-corrected chi connectivity index (χ0v) is 13.5. The second-order valence-corrected chi connectivity index (χ2v) is 7.00. The monoisotopic (exact) mass is 338 g/mol. The molecule has 4 unspecified atom stereocenters. The molecule has 4 rings (SSSR count). The first kappa shape index (κ1) is 16.0. The smallest absolute Gasteiger partial charge is 0.333 e. The third-order valence-corrected chi connectivity index (χ3v) is 4.87. The van der Waals surface area contributed by atoms with Gasteiger partial charge in [-0.2, -0.15) is 0 Å². The molecule has 4 atom stereocenters. The Balaban J connectivity index is 1.52. The zero-order valence-electron chi connectivity index (χ0n) is 13.5. The van der Waals surface area contributed by atoms with Gasteiger partial charge in [0.05, 0.1) is 51.2 Å². The molecule has 0 aromatic rings. The topological polar surface area (TPSA) is 95.3 Å². The summed E-state index contributed by atoms with van der Waals surface area (Å²) in [6.45, 7) is 2.28. The lowest BCUT2D eigenvalue weighted by molar-refractivity contribution is -0.131. The Hall–Kier alpha value is -1.51. The quantitative estimate of drug-likeness (QED) is 0.640. The fourth-order valence-corrected chi connectivity index (χ4v) is 3.17. The van der Waals surface area contributed by atoms with Gasteiger partial charge in [-0.05, 0) is 18.8 Å². The van der Waals surface area contributed by atoms with Crippen LogP contribution < -0.4 is 0 Å². The van der Waals surface area contributed by atoms with E-state index in [0.29, 0.717) is 19.6 Å². The number of amides is 4. The summed E-state index contributed by atoms with van der Waals surface area (Å²) in [4.78, 5) is 40.4. The summed E-state index contributed by atoms with van der Waals surface area (Å²) < 4.78 is 15.6. The molecule has 0 N–H and O–H groups in total. The Kier molecular flexibility index (Phi) is 4.28. The molecule has 4 saturated heterocycles. The minimum Gasteiger partial charge on any atom is -0.373 e. The van der Waals surface area contributed by atoms with Crippen LogP contribution in [0.25, 0.3) is 0 Å². The molecule has 0 spiro atoms. The molecule has 4 amide bonds. The summed E-state index contributed by atoms with van der Waals surface area (Å²) in [5.41, 5.74) is 0. The van der Waals surface area contributed by atoms with Crippen molar-refractivity contribution in [2.24, 2.45) is 5.92 Å². The second kappa shape index (κ2) is 6.42. The van der Waals surface area contributed by atoms with E-state index in [0.717, 1.165) is 13.0 Å². The normalized spacial score (nSPS) is 36.2. The molecule has 0 aliphatic carbocycles. The predicted octanol–water partition coefficient (Wildman–Crippen LogP) is 0.150. The van der Waals surface area contributed by atoms with Crippen molar-refractivity contribution in [2.75, 3.05) is 32.9 Å². The Morgan fingerprint density at radius 1 is 0.833 bits per heavy atom. The lowest BCUT2D eigenvalue weighted by atomic mass is 9.93. The fraction of sp³-hybridized carbons (Fsp3) is 0.812. The van der Waals surface area contributed by atoms with Crippen molar-refractivity contribution < 1.29 is 28.6 Å². The van der Waals surface area contributed by atoms with Crippen LogP contribution in [0.1, 0.15) is 25.7 Å². The van der Waals surface area contributed by atoms with Gasteiger partial charge < -0.3 is 14.2 Å².